The van der Waals surface area contributed by atoms with Crippen molar-refractivity contribution in [1.82, 2.24) is 29.5 Å². The summed E-state index contributed by atoms with van der Waals surface area (Å²) in [6.07, 6.45) is 10.9. The van der Waals surface area contributed by atoms with Gasteiger partial charge in [0.05, 0.1) is 71.9 Å². The number of carbonyl (C=O) groups is 1. The number of anilines is 6. The van der Waals surface area contributed by atoms with E-state index in [0.29, 0.717) is 70.6 Å². The van der Waals surface area contributed by atoms with Gasteiger partial charge in [0.1, 0.15) is 11.3 Å². The number of piperazine rings is 1. The summed E-state index contributed by atoms with van der Waals surface area (Å²) in [4.78, 5) is 53.9. The summed E-state index contributed by atoms with van der Waals surface area (Å²) in [6.45, 7) is 14.8. The molecule has 3 aromatic carbocycles. The van der Waals surface area contributed by atoms with Crippen LogP contribution in [0.3, 0.4) is 0 Å². The Morgan fingerprint density at radius 3 is 2.44 bits per heavy atom. The van der Waals surface area contributed by atoms with Crippen LogP contribution in [0.4, 0.5) is 40.1 Å². The molecule has 6 fully saturated rings. The molecule has 8 heterocycles. The highest BCUT2D eigenvalue weighted by atomic mass is 32.2. The second-order valence-corrected chi connectivity index (χ2v) is 26.7. The van der Waals surface area contributed by atoms with E-state index in [9.17, 15) is 28.4 Å². The van der Waals surface area contributed by atoms with Crippen molar-refractivity contribution in [2.75, 3.05) is 124 Å². The number of methoxy groups -OCH3 is 1. The van der Waals surface area contributed by atoms with Crippen molar-refractivity contribution >= 4 is 67.0 Å². The fourth-order valence-electron chi connectivity index (χ4n) is 14.6. The smallest absolute Gasteiger partial charge is 0.293 e. The topological polar surface area (TPSA) is 227 Å². The maximum Gasteiger partial charge on any atom is 0.293 e. The number of morpholine rings is 2. The number of pyridine rings is 2. The van der Waals surface area contributed by atoms with Crippen LogP contribution in [-0.2, 0) is 26.0 Å². The average molecular weight is 1180 g/mol. The molecule has 0 bridgehead atoms. The summed E-state index contributed by atoms with van der Waals surface area (Å²) >= 11 is 0. The Bertz CT molecular complexity index is 3570. The Kier molecular flexibility index (Phi) is 15.6. The third-order valence-corrected chi connectivity index (χ3v) is 20.9. The van der Waals surface area contributed by atoms with Crippen molar-refractivity contribution in [1.29, 1.82) is 0 Å². The molecule has 0 unspecified atom stereocenters. The summed E-state index contributed by atoms with van der Waals surface area (Å²) < 4.78 is 48.4. The van der Waals surface area contributed by atoms with Gasteiger partial charge in [-0.3, -0.25) is 24.7 Å². The zero-order chi connectivity index (χ0) is 58.6. The largest absolute Gasteiger partial charge is 0.493 e. The van der Waals surface area contributed by atoms with E-state index in [-0.39, 0.29) is 34.7 Å². The summed E-state index contributed by atoms with van der Waals surface area (Å²) in [5.74, 6) is 1.75. The van der Waals surface area contributed by atoms with Crippen LogP contribution in [0.2, 0.25) is 0 Å². The molecule has 2 saturated carbocycles. The Balaban J connectivity index is 0.732. The zero-order valence-corrected chi connectivity index (χ0v) is 49.7. The highest BCUT2D eigenvalue weighted by molar-refractivity contribution is 7.90. The van der Waals surface area contributed by atoms with Crippen LogP contribution in [0.1, 0.15) is 91.4 Å². The molecule has 85 heavy (non-hydrogen) atoms. The Morgan fingerprint density at radius 1 is 0.871 bits per heavy atom. The molecule has 0 radical (unpaired) electrons. The number of piperidine rings is 1. The van der Waals surface area contributed by atoms with Crippen molar-refractivity contribution in [3.63, 3.8) is 0 Å². The number of aliphatic hydroxyl groups is 1. The number of fused-ring (bicyclic) bond motifs is 4. The number of rotatable bonds is 15. The molecule has 2 aliphatic carbocycles. The van der Waals surface area contributed by atoms with Crippen LogP contribution in [0.25, 0.3) is 11.0 Å². The number of aromatic nitrogens is 3. The Labute approximate surface area is 496 Å². The van der Waals surface area contributed by atoms with Crippen molar-refractivity contribution in [3.05, 3.63) is 124 Å². The quantitative estimate of drug-likeness (QED) is 0.0562. The first-order valence-electron chi connectivity index (χ1n) is 30.3. The third-order valence-electron chi connectivity index (χ3n) is 19.5. The monoisotopic (exact) mass is 1180 g/mol. The number of nitrogens with zero attached hydrogens (tertiary/aromatic N) is 9. The fourth-order valence-corrected chi connectivity index (χ4v) is 15.6. The minimum atomic E-state index is -4.62. The predicted molar refractivity (Wildman–Crippen MR) is 327 cm³/mol. The minimum Gasteiger partial charge on any atom is -0.493 e. The SMILES string of the molecule is COc1cc(CN2CCN(C3CC4(CCN(c5ccc(C(=O)NS(=O)(=O)c6ccc(NCC7CCC(C)(O)CC7)c([N+](=O)[O-])c6)c(N6C[C@H]7COCCN7c7nc8[nH]ccc8cc76)c5)CC4)C3)[C@H](c3ccccc3C)C2)cnc1N1CCOCC1. The van der Waals surface area contributed by atoms with Gasteiger partial charge in [0, 0.05) is 114 Å². The van der Waals surface area contributed by atoms with Crippen molar-refractivity contribution in [2.24, 2.45) is 11.3 Å². The summed E-state index contributed by atoms with van der Waals surface area (Å²) in [5, 5.41) is 26.9. The fraction of sp³-hybridized carbons (Fsp3) is 0.508. The number of amides is 1. The van der Waals surface area contributed by atoms with Gasteiger partial charge in [0.25, 0.3) is 21.6 Å². The molecule has 1 spiro atoms. The molecule has 4 saturated heterocycles. The lowest BCUT2D eigenvalue weighted by atomic mass is 9.59. The maximum atomic E-state index is 14.8. The van der Waals surface area contributed by atoms with Gasteiger partial charge >= 0.3 is 0 Å². The number of nitro groups is 1. The molecule has 5 aliphatic heterocycles. The molecular weight excluding hydrogens is 1100 g/mol. The van der Waals surface area contributed by atoms with Gasteiger partial charge in [0.2, 0.25) is 0 Å². The van der Waals surface area contributed by atoms with E-state index < -0.39 is 37.0 Å². The number of hydrogen-bond donors (Lipinski definition) is 4. The van der Waals surface area contributed by atoms with Gasteiger partial charge in [-0.2, -0.15) is 0 Å². The average Bonchev–Trinajstić information content (AvgIpc) is 2.69. The van der Waals surface area contributed by atoms with Gasteiger partial charge in [-0.25, -0.2) is 23.1 Å². The number of ether oxygens (including phenoxy) is 3. The van der Waals surface area contributed by atoms with Crippen LogP contribution in [-0.4, -0.2) is 166 Å². The third kappa shape index (κ3) is 11.6. The number of nitro benzene ring substituents is 1. The summed E-state index contributed by atoms with van der Waals surface area (Å²) in [7, 11) is -2.90. The van der Waals surface area contributed by atoms with Crippen molar-refractivity contribution in [3.8, 4) is 5.75 Å². The van der Waals surface area contributed by atoms with E-state index in [1.54, 1.807) is 13.2 Å². The van der Waals surface area contributed by atoms with Gasteiger partial charge in [-0.05, 0) is 142 Å². The molecule has 21 nitrogen and oxygen atoms in total. The zero-order valence-electron chi connectivity index (χ0n) is 48.9. The Hall–Kier alpha value is -7.08. The molecule has 7 aliphatic rings. The van der Waals surface area contributed by atoms with Gasteiger partial charge < -0.3 is 49.2 Å². The predicted octanol–water partition coefficient (Wildman–Crippen LogP) is 8.16. The van der Waals surface area contributed by atoms with Gasteiger partial charge in [-0.1, -0.05) is 24.3 Å². The first-order chi connectivity index (χ1) is 41.1. The number of aromatic amines is 1. The number of aryl methyl sites for hydroxylation is 1. The van der Waals surface area contributed by atoms with E-state index in [2.05, 4.69) is 87.7 Å². The number of nitrogens with one attached hydrogen (secondary N) is 3. The van der Waals surface area contributed by atoms with Crippen LogP contribution in [0.15, 0.2) is 96.2 Å². The normalized spacial score (nSPS) is 24.0. The summed E-state index contributed by atoms with van der Waals surface area (Å²) in [5.41, 5.74) is 6.19. The number of H-pyrrole nitrogens is 1. The first kappa shape index (κ1) is 57.0. The highest BCUT2D eigenvalue weighted by Crippen LogP contribution is 2.54. The molecular formula is C63H78N12O9S. The summed E-state index contributed by atoms with van der Waals surface area (Å²) in [6, 6.07) is 24.9. The minimum absolute atomic E-state index is 0.112. The lowest BCUT2D eigenvalue weighted by molar-refractivity contribution is -0.384. The maximum absolute atomic E-state index is 14.8. The highest BCUT2D eigenvalue weighted by Gasteiger charge is 2.50. The second kappa shape index (κ2) is 23.3. The van der Waals surface area contributed by atoms with Crippen LogP contribution in [0, 0.1) is 28.4 Å². The number of sulfonamides is 1. The first-order valence-corrected chi connectivity index (χ1v) is 31.8. The van der Waals surface area contributed by atoms with Crippen molar-refractivity contribution < 1.29 is 37.5 Å². The van der Waals surface area contributed by atoms with E-state index in [0.717, 1.165) is 142 Å². The number of benzene rings is 3. The van der Waals surface area contributed by atoms with Gasteiger partial charge in [0.15, 0.2) is 17.4 Å². The van der Waals surface area contributed by atoms with Crippen LogP contribution >= 0.6 is 0 Å². The van der Waals surface area contributed by atoms with E-state index in [1.165, 1.54) is 23.3 Å². The molecule has 2 atom stereocenters. The number of hydrogen-bond acceptors (Lipinski definition) is 18. The lowest BCUT2D eigenvalue weighted by Crippen LogP contribution is -2.59. The molecule has 450 valence electrons. The van der Waals surface area contributed by atoms with Crippen LogP contribution < -0.4 is 34.4 Å². The lowest BCUT2D eigenvalue weighted by Gasteiger charge is -2.58. The molecule has 22 heteroatoms. The van der Waals surface area contributed by atoms with Gasteiger partial charge in [-0.15, -0.1) is 0 Å². The number of carbonyl (C=O) groups excluding carboxylic acids is 1. The van der Waals surface area contributed by atoms with E-state index in [4.69, 9.17) is 24.2 Å². The molecule has 1 amide bonds. The van der Waals surface area contributed by atoms with E-state index >= 15 is 0 Å². The molecule has 4 N–H and O–H groups in total. The van der Waals surface area contributed by atoms with Crippen molar-refractivity contribution in [2.45, 2.75) is 100 Å². The standard InChI is InChI=1S/C63H78N12O9S/c1-42-6-4-5-7-50(42)56-40-69(38-44-30-57(82-3)60(66-37-44)71-24-27-83-28-25-71)22-23-72(56)47-34-63(35-47)17-20-70(21-18-63)46-8-10-51(53(32-46)74-39-48-41-84-29-26-73(48)59-55(74)31-45-14-19-64-58(45)67-59)61(76)68-85(80,81)49-9-11-52(54(33-49)75(78)79)65-36-43-12-15-62(2,77)16-13-43/h4-11,14,19,30-33,37,43,47-48,56,65,77H,12-13,15-18,20-29,34-36,38-41H2,1-3H3,(H,64,67)(H,68,76)/t43?,48-,56-,62?/m0/s1. The molecule has 3 aromatic heterocycles. The molecule has 13 rings (SSSR count). The van der Waals surface area contributed by atoms with E-state index in [1.807, 2.05) is 37.5 Å². The molecule has 6 aromatic rings. The van der Waals surface area contributed by atoms with Crippen LogP contribution in [0.5, 0.6) is 5.75 Å². The Morgan fingerprint density at radius 2 is 1.66 bits per heavy atom. The second-order valence-electron chi connectivity index (χ2n) is 25.0.